The number of hydrogen-bond donors (Lipinski definition) is 1. The molecule has 0 unspecified atom stereocenters. The van der Waals surface area contributed by atoms with Crippen LogP contribution in [0.15, 0.2) is 35.0 Å². The number of likely N-dealkylation sites (tertiary alicyclic amines) is 1. The first-order valence-electron chi connectivity index (χ1n) is 9.45. The molecule has 0 bridgehead atoms. The molecular formula is C19H22N6O2. The lowest BCUT2D eigenvalue weighted by Gasteiger charge is -2.33. The van der Waals surface area contributed by atoms with Gasteiger partial charge in [0.15, 0.2) is 0 Å². The molecular weight excluding hydrogens is 344 g/mol. The number of anilines is 1. The number of piperidine rings is 1. The van der Waals surface area contributed by atoms with Gasteiger partial charge in [0, 0.05) is 25.5 Å². The number of nitrogens with zero attached hydrogens (tertiary/aromatic N) is 5. The fourth-order valence-electron chi connectivity index (χ4n) is 3.82. The Morgan fingerprint density at radius 3 is 2.78 bits per heavy atom. The topological polar surface area (TPSA) is 88.6 Å². The Bertz CT molecular complexity index is 946. The van der Waals surface area contributed by atoms with Gasteiger partial charge in [-0.25, -0.2) is 4.98 Å². The third kappa shape index (κ3) is 3.05. The number of nitrogens with one attached hydrogen (secondary N) is 1. The zero-order valence-electron chi connectivity index (χ0n) is 15.3. The Balaban J connectivity index is 1.25. The minimum absolute atomic E-state index is 0.0815. The summed E-state index contributed by atoms with van der Waals surface area (Å²) in [6, 6.07) is 5.58. The van der Waals surface area contributed by atoms with Gasteiger partial charge in [0.25, 0.3) is 5.89 Å². The zero-order chi connectivity index (χ0) is 18.4. The molecule has 1 spiro atoms. The highest BCUT2D eigenvalue weighted by Gasteiger charge is 2.45. The molecule has 140 valence electrons. The van der Waals surface area contributed by atoms with Gasteiger partial charge in [-0.2, -0.15) is 0 Å². The molecule has 0 aromatic carbocycles. The third-order valence-electron chi connectivity index (χ3n) is 5.81. The minimum Gasteiger partial charge on any atom is -0.402 e. The van der Waals surface area contributed by atoms with Gasteiger partial charge in [-0.1, -0.05) is 11.2 Å². The van der Waals surface area contributed by atoms with Crippen LogP contribution in [0.4, 0.5) is 6.01 Å². The van der Waals surface area contributed by atoms with Crippen molar-refractivity contribution in [1.29, 1.82) is 0 Å². The summed E-state index contributed by atoms with van der Waals surface area (Å²) in [7, 11) is 0. The highest BCUT2D eigenvalue weighted by molar-refractivity contribution is 5.83. The van der Waals surface area contributed by atoms with Crippen molar-refractivity contribution in [2.45, 2.75) is 38.6 Å². The Morgan fingerprint density at radius 2 is 2.04 bits per heavy atom. The van der Waals surface area contributed by atoms with Gasteiger partial charge in [-0.05, 0) is 50.2 Å². The summed E-state index contributed by atoms with van der Waals surface area (Å²) in [6.07, 6.45) is 8.66. The molecule has 5 rings (SSSR count). The van der Waals surface area contributed by atoms with Crippen molar-refractivity contribution in [3.63, 3.8) is 0 Å². The fraction of sp³-hybridized carbons (Fsp3) is 0.474. The molecule has 2 fully saturated rings. The fourth-order valence-corrected chi connectivity index (χ4v) is 3.82. The number of aromatic nitrogens is 4. The minimum atomic E-state index is -0.410. The lowest BCUT2D eigenvalue weighted by atomic mass is 9.93. The maximum atomic E-state index is 12.7. The number of amides is 1. The van der Waals surface area contributed by atoms with Gasteiger partial charge in [0.2, 0.25) is 5.91 Å². The van der Waals surface area contributed by atoms with Crippen LogP contribution in [0.3, 0.4) is 0 Å². The van der Waals surface area contributed by atoms with E-state index in [9.17, 15) is 4.79 Å². The maximum absolute atomic E-state index is 12.7. The molecule has 27 heavy (non-hydrogen) atoms. The third-order valence-corrected chi connectivity index (χ3v) is 5.81. The molecule has 4 heterocycles. The predicted octanol–water partition coefficient (Wildman–Crippen LogP) is 2.59. The van der Waals surface area contributed by atoms with Crippen molar-refractivity contribution in [3.8, 4) is 11.6 Å². The van der Waals surface area contributed by atoms with Crippen LogP contribution in [-0.4, -0.2) is 49.5 Å². The van der Waals surface area contributed by atoms with Crippen molar-refractivity contribution < 1.29 is 9.21 Å². The first-order valence-corrected chi connectivity index (χ1v) is 9.45. The lowest BCUT2D eigenvalue weighted by molar-refractivity contribution is -0.133. The van der Waals surface area contributed by atoms with Crippen molar-refractivity contribution in [1.82, 2.24) is 24.5 Å². The molecule has 1 amide bonds. The molecule has 1 atom stereocenters. The first kappa shape index (κ1) is 16.3. The van der Waals surface area contributed by atoms with Crippen LogP contribution in [-0.2, 0) is 4.79 Å². The van der Waals surface area contributed by atoms with Crippen LogP contribution in [0.25, 0.3) is 17.2 Å². The second-order valence-electron chi connectivity index (χ2n) is 7.70. The van der Waals surface area contributed by atoms with Crippen molar-refractivity contribution in [3.05, 3.63) is 30.6 Å². The standard InChI is InChI=1S/C19H22N6O2/c1-13(17(26)24-10-7-19(5-6-19)8-11-24)20-18-23-22-16(27-18)14-12-25-9-3-2-4-15(25)21-14/h2-4,9,12-13H,5-8,10-11H2,1H3,(H,20,23)/t13-/m0/s1. The molecule has 1 aliphatic carbocycles. The Kier molecular flexibility index (Phi) is 3.66. The largest absolute Gasteiger partial charge is 0.402 e. The summed E-state index contributed by atoms with van der Waals surface area (Å²) in [5.74, 6) is 0.410. The SMILES string of the molecule is C[C@H](Nc1nnc(-c2cn3ccccc3n2)o1)C(=O)N1CCC2(CC1)CC2. The summed E-state index contributed by atoms with van der Waals surface area (Å²) in [5, 5.41) is 11.1. The average Bonchev–Trinajstić information content (AvgIpc) is 3.10. The number of rotatable bonds is 4. The molecule has 1 saturated heterocycles. The van der Waals surface area contributed by atoms with E-state index < -0.39 is 6.04 Å². The highest BCUT2D eigenvalue weighted by atomic mass is 16.4. The molecule has 2 aliphatic rings. The van der Waals surface area contributed by atoms with Crippen LogP contribution >= 0.6 is 0 Å². The Hall–Kier alpha value is -2.90. The number of carbonyl (C=O) groups is 1. The van der Waals surface area contributed by atoms with Crippen molar-refractivity contribution in [2.75, 3.05) is 18.4 Å². The van der Waals surface area contributed by atoms with E-state index in [1.54, 1.807) is 0 Å². The number of imidazole rings is 1. The highest BCUT2D eigenvalue weighted by Crippen LogP contribution is 2.53. The second kappa shape index (κ2) is 6.07. The molecule has 1 N–H and O–H groups in total. The molecule has 1 aliphatic heterocycles. The summed E-state index contributed by atoms with van der Waals surface area (Å²) in [6.45, 7) is 3.53. The van der Waals surface area contributed by atoms with Gasteiger partial charge < -0.3 is 19.0 Å². The van der Waals surface area contributed by atoms with Gasteiger partial charge in [0.1, 0.15) is 17.4 Å². The summed E-state index contributed by atoms with van der Waals surface area (Å²) in [5.41, 5.74) is 1.97. The smallest absolute Gasteiger partial charge is 0.316 e. The number of pyridine rings is 1. The van der Waals surface area contributed by atoms with Crippen LogP contribution in [0.1, 0.15) is 32.6 Å². The van der Waals surface area contributed by atoms with E-state index in [4.69, 9.17) is 4.42 Å². The van der Waals surface area contributed by atoms with Crippen LogP contribution in [0.2, 0.25) is 0 Å². The van der Waals surface area contributed by atoms with Crippen molar-refractivity contribution >= 4 is 17.6 Å². The monoisotopic (exact) mass is 366 g/mol. The summed E-state index contributed by atoms with van der Waals surface area (Å²) < 4.78 is 7.56. The van der Waals surface area contributed by atoms with E-state index in [-0.39, 0.29) is 11.9 Å². The van der Waals surface area contributed by atoms with Crippen molar-refractivity contribution in [2.24, 2.45) is 5.41 Å². The molecule has 0 radical (unpaired) electrons. The van der Waals surface area contributed by atoms with Crippen LogP contribution in [0.5, 0.6) is 0 Å². The molecule has 3 aromatic rings. The Labute approximate surface area is 156 Å². The van der Waals surface area contributed by atoms with E-state index in [2.05, 4.69) is 20.5 Å². The second-order valence-corrected chi connectivity index (χ2v) is 7.70. The number of carbonyl (C=O) groups excluding carboxylic acids is 1. The van der Waals surface area contributed by atoms with E-state index in [1.807, 2.05) is 46.8 Å². The predicted molar refractivity (Wildman–Crippen MR) is 99.0 cm³/mol. The average molecular weight is 366 g/mol. The molecule has 8 heteroatoms. The van der Waals surface area contributed by atoms with Crippen LogP contribution in [0, 0.1) is 5.41 Å². The van der Waals surface area contributed by atoms with E-state index >= 15 is 0 Å². The van der Waals surface area contributed by atoms with Gasteiger partial charge >= 0.3 is 6.01 Å². The van der Waals surface area contributed by atoms with E-state index in [0.717, 1.165) is 31.6 Å². The Morgan fingerprint density at radius 1 is 1.22 bits per heavy atom. The van der Waals surface area contributed by atoms with Gasteiger partial charge in [-0.15, -0.1) is 5.10 Å². The number of hydrogen-bond acceptors (Lipinski definition) is 6. The first-order chi connectivity index (χ1) is 13.1. The zero-order valence-corrected chi connectivity index (χ0v) is 15.3. The molecule has 3 aromatic heterocycles. The molecule has 8 nitrogen and oxygen atoms in total. The van der Waals surface area contributed by atoms with E-state index in [1.165, 1.54) is 12.8 Å². The van der Waals surface area contributed by atoms with Gasteiger partial charge in [-0.3, -0.25) is 4.79 Å². The quantitative estimate of drug-likeness (QED) is 0.763. The summed E-state index contributed by atoms with van der Waals surface area (Å²) >= 11 is 0. The molecule has 1 saturated carbocycles. The summed E-state index contributed by atoms with van der Waals surface area (Å²) in [4.78, 5) is 19.1. The number of fused-ring (bicyclic) bond motifs is 1. The van der Waals surface area contributed by atoms with Gasteiger partial charge in [0.05, 0.1) is 0 Å². The maximum Gasteiger partial charge on any atom is 0.316 e. The lowest BCUT2D eigenvalue weighted by Crippen LogP contribution is -2.45. The van der Waals surface area contributed by atoms with Crippen LogP contribution < -0.4 is 5.32 Å². The van der Waals surface area contributed by atoms with E-state index in [0.29, 0.717) is 17.0 Å². The normalized spacial score (nSPS) is 19.4.